The fourth-order valence-corrected chi connectivity index (χ4v) is 3.26. The molecule has 8 nitrogen and oxygen atoms in total. The van der Waals surface area contributed by atoms with Gasteiger partial charge in [-0.3, -0.25) is 19.0 Å². The summed E-state index contributed by atoms with van der Waals surface area (Å²) in [6.07, 6.45) is -3.09. The summed E-state index contributed by atoms with van der Waals surface area (Å²) < 4.78 is 40.8. The first-order valence-electron chi connectivity index (χ1n) is 8.08. The number of amides is 2. The standard InChI is InChI=1S/C17H14BrF3N6O2/c1-26-7-6-11(24-26)15(28)22-9-4-3-5-10(8-9)23-16(29)13-12(18)14(17(19,20)21)25-27(13)2/h3-8H,1-2H3,(H,22,28)(H,23,29). The third-order valence-electron chi connectivity index (χ3n) is 3.80. The van der Waals surface area contributed by atoms with Crippen molar-refractivity contribution in [3.8, 4) is 0 Å². The number of hydrogen-bond acceptors (Lipinski definition) is 4. The minimum absolute atomic E-state index is 0.209. The molecule has 0 bridgehead atoms. The van der Waals surface area contributed by atoms with E-state index in [4.69, 9.17) is 0 Å². The van der Waals surface area contributed by atoms with Crippen LogP contribution in [0.2, 0.25) is 0 Å². The van der Waals surface area contributed by atoms with Crippen LogP contribution in [0.15, 0.2) is 41.0 Å². The summed E-state index contributed by atoms with van der Waals surface area (Å²) in [5.41, 5.74) is -0.629. The van der Waals surface area contributed by atoms with E-state index >= 15 is 0 Å². The van der Waals surface area contributed by atoms with Crippen LogP contribution < -0.4 is 10.6 Å². The number of hydrogen-bond donors (Lipinski definition) is 2. The van der Waals surface area contributed by atoms with Crippen molar-refractivity contribution in [2.45, 2.75) is 6.18 Å². The van der Waals surface area contributed by atoms with Gasteiger partial charge in [0.1, 0.15) is 5.69 Å². The summed E-state index contributed by atoms with van der Waals surface area (Å²) in [5.74, 6) is -1.24. The fourth-order valence-electron chi connectivity index (χ4n) is 2.52. The molecule has 29 heavy (non-hydrogen) atoms. The summed E-state index contributed by atoms with van der Waals surface area (Å²) in [6, 6.07) is 7.71. The zero-order valence-electron chi connectivity index (χ0n) is 15.1. The highest BCUT2D eigenvalue weighted by Gasteiger charge is 2.39. The maximum absolute atomic E-state index is 13.0. The molecule has 1 aromatic carbocycles. The number of nitrogens with zero attached hydrogens (tertiary/aromatic N) is 4. The van der Waals surface area contributed by atoms with Crippen molar-refractivity contribution in [3.63, 3.8) is 0 Å². The maximum atomic E-state index is 13.0. The molecule has 0 aliphatic rings. The van der Waals surface area contributed by atoms with Crippen LogP contribution in [0.3, 0.4) is 0 Å². The van der Waals surface area contributed by atoms with Gasteiger partial charge in [-0.2, -0.15) is 23.4 Å². The fraction of sp³-hybridized carbons (Fsp3) is 0.176. The third-order valence-corrected chi connectivity index (χ3v) is 4.55. The number of aryl methyl sites for hydroxylation is 2. The van der Waals surface area contributed by atoms with Crippen molar-refractivity contribution in [2.24, 2.45) is 14.1 Å². The summed E-state index contributed by atoms with van der Waals surface area (Å²) >= 11 is 2.80. The van der Waals surface area contributed by atoms with E-state index in [9.17, 15) is 22.8 Å². The van der Waals surface area contributed by atoms with Crippen molar-refractivity contribution >= 4 is 39.1 Å². The lowest BCUT2D eigenvalue weighted by atomic mass is 10.2. The molecule has 12 heteroatoms. The minimum Gasteiger partial charge on any atom is -0.321 e. The van der Waals surface area contributed by atoms with E-state index in [0.717, 1.165) is 4.68 Å². The lowest BCUT2D eigenvalue weighted by Crippen LogP contribution is -2.17. The van der Waals surface area contributed by atoms with Crippen LogP contribution in [-0.2, 0) is 20.3 Å². The van der Waals surface area contributed by atoms with Gasteiger partial charge < -0.3 is 10.6 Å². The zero-order chi connectivity index (χ0) is 21.3. The lowest BCUT2D eigenvalue weighted by Gasteiger charge is -2.09. The SMILES string of the molecule is Cn1ccc(C(=O)Nc2cccc(NC(=O)c3c(Br)c(C(F)(F)F)nn3C)c2)n1. The molecular formula is C17H14BrF3N6O2. The van der Waals surface area contributed by atoms with Gasteiger partial charge in [-0.1, -0.05) is 6.07 Å². The first-order chi connectivity index (χ1) is 13.6. The molecule has 0 radical (unpaired) electrons. The number of aromatic nitrogens is 4. The Morgan fingerprint density at radius 2 is 1.66 bits per heavy atom. The predicted octanol–water partition coefficient (Wildman–Crippen LogP) is 3.44. The second-order valence-electron chi connectivity index (χ2n) is 6.00. The monoisotopic (exact) mass is 470 g/mol. The van der Waals surface area contributed by atoms with Crippen LogP contribution >= 0.6 is 15.9 Å². The van der Waals surface area contributed by atoms with Crippen molar-refractivity contribution in [3.05, 3.63) is 58.1 Å². The van der Waals surface area contributed by atoms with Crippen LogP contribution in [0.1, 0.15) is 26.7 Å². The summed E-state index contributed by atoms with van der Waals surface area (Å²) in [5, 5.41) is 12.5. The second kappa shape index (κ2) is 7.70. The second-order valence-corrected chi connectivity index (χ2v) is 6.79. The number of alkyl halides is 3. The number of nitrogens with one attached hydrogen (secondary N) is 2. The number of halogens is 4. The van der Waals surface area contributed by atoms with Gasteiger partial charge >= 0.3 is 6.18 Å². The largest absolute Gasteiger partial charge is 0.436 e. The smallest absolute Gasteiger partial charge is 0.321 e. The number of anilines is 2. The van der Waals surface area contributed by atoms with E-state index in [1.807, 2.05) is 0 Å². The van der Waals surface area contributed by atoms with Gasteiger partial charge in [0.15, 0.2) is 11.4 Å². The molecule has 0 saturated heterocycles. The molecule has 2 heterocycles. The van der Waals surface area contributed by atoms with Crippen LogP contribution in [0.5, 0.6) is 0 Å². The molecule has 2 aromatic heterocycles. The zero-order valence-corrected chi connectivity index (χ0v) is 16.7. The summed E-state index contributed by atoms with van der Waals surface area (Å²) in [7, 11) is 2.91. The van der Waals surface area contributed by atoms with Crippen LogP contribution in [0.25, 0.3) is 0 Å². The van der Waals surface area contributed by atoms with Gasteiger partial charge in [-0.05, 0) is 40.2 Å². The Balaban J connectivity index is 1.78. The van der Waals surface area contributed by atoms with E-state index in [-0.39, 0.29) is 17.1 Å². The normalized spacial score (nSPS) is 11.4. The first-order valence-corrected chi connectivity index (χ1v) is 8.87. The van der Waals surface area contributed by atoms with Crippen LogP contribution in [0, 0.1) is 0 Å². The van der Waals surface area contributed by atoms with Gasteiger partial charge in [0, 0.05) is 31.7 Å². The Morgan fingerprint density at radius 3 is 2.17 bits per heavy atom. The summed E-state index contributed by atoms with van der Waals surface area (Å²) in [6.45, 7) is 0. The molecule has 2 N–H and O–H groups in total. The molecule has 152 valence electrons. The Kier molecular flexibility index (Phi) is 5.46. The highest BCUT2D eigenvalue weighted by atomic mass is 79.9. The molecule has 3 rings (SSSR count). The molecule has 3 aromatic rings. The molecule has 0 atom stereocenters. The Morgan fingerprint density at radius 1 is 1.03 bits per heavy atom. The van der Waals surface area contributed by atoms with Crippen LogP contribution in [0.4, 0.5) is 24.5 Å². The van der Waals surface area contributed by atoms with Crippen molar-refractivity contribution in [2.75, 3.05) is 10.6 Å². The lowest BCUT2D eigenvalue weighted by molar-refractivity contribution is -0.142. The minimum atomic E-state index is -4.70. The highest BCUT2D eigenvalue weighted by molar-refractivity contribution is 9.10. The molecule has 0 aliphatic heterocycles. The molecule has 2 amide bonds. The molecule has 0 unspecified atom stereocenters. The number of benzene rings is 1. The Hall–Kier alpha value is -3.15. The molecule has 0 spiro atoms. The highest BCUT2D eigenvalue weighted by Crippen LogP contribution is 2.35. The Bertz CT molecular complexity index is 1090. The molecule has 0 fully saturated rings. The number of carbonyl (C=O) groups excluding carboxylic acids is 2. The van der Waals surface area contributed by atoms with Crippen LogP contribution in [-0.4, -0.2) is 31.4 Å². The van der Waals surface area contributed by atoms with Gasteiger partial charge in [0.25, 0.3) is 11.8 Å². The summed E-state index contributed by atoms with van der Waals surface area (Å²) in [4.78, 5) is 24.7. The van der Waals surface area contributed by atoms with Gasteiger partial charge in [-0.15, -0.1) is 0 Å². The van der Waals surface area contributed by atoms with Gasteiger partial charge in [-0.25, -0.2) is 0 Å². The Labute approximate surface area is 170 Å². The van der Waals surface area contributed by atoms with Crippen molar-refractivity contribution in [1.29, 1.82) is 0 Å². The van der Waals surface area contributed by atoms with E-state index in [2.05, 4.69) is 36.8 Å². The molecular weight excluding hydrogens is 457 g/mol. The average molecular weight is 471 g/mol. The van der Waals surface area contributed by atoms with Gasteiger partial charge in [0.05, 0.1) is 4.47 Å². The quantitative estimate of drug-likeness (QED) is 0.610. The average Bonchev–Trinajstić information content (AvgIpc) is 3.18. The topological polar surface area (TPSA) is 93.8 Å². The van der Waals surface area contributed by atoms with E-state index in [1.54, 1.807) is 31.4 Å². The maximum Gasteiger partial charge on any atom is 0.436 e. The molecule has 0 aliphatic carbocycles. The van der Waals surface area contributed by atoms with E-state index in [0.29, 0.717) is 5.69 Å². The third kappa shape index (κ3) is 4.47. The van der Waals surface area contributed by atoms with Gasteiger partial charge in [0.2, 0.25) is 0 Å². The van der Waals surface area contributed by atoms with E-state index in [1.165, 1.54) is 23.9 Å². The molecule has 0 saturated carbocycles. The predicted molar refractivity (Wildman–Crippen MR) is 101 cm³/mol. The number of carbonyl (C=O) groups is 2. The van der Waals surface area contributed by atoms with Crippen molar-refractivity contribution < 1.29 is 22.8 Å². The first kappa shape index (κ1) is 20.6. The van der Waals surface area contributed by atoms with E-state index < -0.39 is 28.2 Å². The number of rotatable bonds is 4. The van der Waals surface area contributed by atoms with Crippen molar-refractivity contribution in [1.82, 2.24) is 19.6 Å².